The van der Waals surface area contributed by atoms with Gasteiger partial charge >= 0.3 is 5.97 Å². The molecule has 1 aromatic carbocycles. The normalized spacial score (nSPS) is 11.8. The molecule has 0 unspecified atom stereocenters. The summed E-state index contributed by atoms with van der Waals surface area (Å²) in [4.78, 5) is 12.9. The van der Waals surface area contributed by atoms with Crippen LogP contribution in [0.5, 0.6) is 0 Å². The first-order valence-electron chi connectivity index (χ1n) is 5.83. The van der Waals surface area contributed by atoms with Crippen LogP contribution in [0.3, 0.4) is 0 Å². The molecule has 0 saturated carbocycles. The molecular formula is C12H17BrN2O4S. The summed E-state index contributed by atoms with van der Waals surface area (Å²) in [6.45, 7) is 2.42. The molecule has 20 heavy (non-hydrogen) atoms. The predicted molar refractivity (Wildman–Crippen MR) is 79.6 cm³/mol. The Hall–Kier alpha value is -0.960. The zero-order chi connectivity index (χ0) is 15.5. The summed E-state index contributed by atoms with van der Waals surface area (Å²) in [5, 5.41) is 9.09. The minimum atomic E-state index is -3.72. The maximum absolute atomic E-state index is 12.1. The van der Waals surface area contributed by atoms with Gasteiger partial charge in [0.25, 0.3) is 0 Å². The van der Waals surface area contributed by atoms with Crippen molar-refractivity contribution in [3.63, 3.8) is 0 Å². The van der Waals surface area contributed by atoms with E-state index < -0.39 is 16.0 Å². The van der Waals surface area contributed by atoms with Crippen molar-refractivity contribution in [2.45, 2.75) is 11.8 Å². The van der Waals surface area contributed by atoms with Gasteiger partial charge < -0.3 is 10.0 Å². The third-order valence-corrected chi connectivity index (χ3v) is 4.97. The summed E-state index contributed by atoms with van der Waals surface area (Å²) in [7, 11) is -0.0560. The number of carbonyl (C=O) groups is 1. The number of hydrogen-bond donors (Lipinski definition) is 2. The van der Waals surface area contributed by atoms with Gasteiger partial charge in [0.15, 0.2) is 0 Å². The highest BCUT2D eigenvalue weighted by atomic mass is 79.9. The van der Waals surface area contributed by atoms with E-state index in [0.717, 1.165) is 0 Å². The van der Waals surface area contributed by atoms with Gasteiger partial charge in [0, 0.05) is 17.6 Å². The highest BCUT2D eigenvalue weighted by molar-refractivity contribution is 9.10. The van der Waals surface area contributed by atoms with Gasteiger partial charge in [-0.1, -0.05) is 15.9 Å². The molecule has 2 N–H and O–H groups in total. The summed E-state index contributed by atoms with van der Waals surface area (Å²) in [6.07, 6.45) is 0. The van der Waals surface area contributed by atoms with E-state index in [1.165, 1.54) is 12.1 Å². The van der Waals surface area contributed by atoms with Crippen LogP contribution in [-0.2, 0) is 10.0 Å². The third kappa shape index (κ3) is 4.27. The van der Waals surface area contributed by atoms with E-state index in [9.17, 15) is 13.2 Å². The number of rotatable bonds is 6. The Bertz CT molecular complexity index is 614. The molecule has 112 valence electrons. The lowest BCUT2D eigenvalue weighted by molar-refractivity contribution is 0.0695. The molecule has 1 rings (SSSR count). The minimum absolute atomic E-state index is 0.0349. The van der Waals surface area contributed by atoms with E-state index in [0.29, 0.717) is 16.6 Å². The SMILES string of the molecule is Cc1c(Br)cc(S(=O)(=O)NCCN(C)C)cc1C(=O)O. The third-order valence-electron chi connectivity index (χ3n) is 2.71. The first kappa shape index (κ1) is 17.1. The summed E-state index contributed by atoms with van der Waals surface area (Å²) >= 11 is 3.19. The fraction of sp³-hybridized carbons (Fsp3) is 0.417. The fourth-order valence-corrected chi connectivity index (χ4v) is 3.20. The molecule has 0 radical (unpaired) electrons. The standard InChI is InChI=1S/C12H17BrN2O4S/c1-8-10(12(16)17)6-9(7-11(8)13)20(18,19)14-4-5-15(2)3/h6-7,14H,4-5H2,1-3H3,(H,16,17). The van der Waals surface area contributed by atoms with Crippen molar-refractivity contribution in [3.8, 4) is 0 Å². The number of nitrogens with one attached hydrogen (secondary N) is 1. The van der Waals surface area contributed by atoms with Crippen LogP contribution in [0, 0.1) is 6.92 Å². The first-order valence-corrected chi connectivity index (χ1v) is 8.10. The Morgan fingerprint density at radius 2 is 2.00 bits per heavy atom. The average molecular weight is 365 g/mol. The van der Waals surface area contributed by atoms with E-state index in [4.69, 9.17) is 5.11 Å². The molecule has 6 nitrogen and oxygen atoms in total. The van der Waals surface area contributed by atoms with Crippen molar-refractivity contribution in [3.05, 3.63) is 27.7 Å². The fourth-order valence-electron chi connectivity index (χ4n) is 1.52. The molecular weight excluding hydrogens is 348 g/mol. The number of aromatic carboxylic acids is 1. The Morgan fingerprint density at radius 3 is 2.50 bits per heavy atom. The first-order chi connectivity index (χ1) is 9.15. The van der Waals surface area contributed by atoms with Gasteiger partial charge in [-0.15, -0.1) is 0 Å². The van der Waals surface area contributed by atoms with Crippen LogP contribution in [-0.4, -0.2) is 51.6 Å². The second-order valence-corrected chi connectivity index (χ2v) is 7.21. The summed E-state index contributed by atoms with van der Waals surface area (Å²) in [6, 6.07) is 2.57. The Balaban J connectivity index is 3.10. The van der Waals surface area contributed by atoms with Crippen LogP contribution in [0.4, 0.5) is 0 Å². The van der Waals surface area contributed by atoms with Crippen LogP contribution in [0.15, 0.2) is 21.5 Å². The second kappa shape index (κ2) is 6.66. The Kier molecular flexibility index (Phi) is 5.69. The van der Waals surface area contributed by atoms with Crippen LogP contribution in [0.25, 0.3) is 0 Å². The zero-order valence-corrected chi connectivity index (χ0v) is 13.9. The van der Waals surface area contributed by atoms with Gasteiger partial charge in [-0.3, -0.25) is 0 Å². The van der Waals surface area contributed by atoms with Crippen molar-refractivity contribution < 1.29 is 18.3 Å². The molecule has 0 saturated heterocycles. The lowest BCUT2D eigenvalue weighted by Crippen LogP contribution is -2.31. The predicted octanol–water partition coefficient (Wildman–Crippen LogP) is 1.30. The highest BCUT2D eigenvalue weighted by Crippen LogP contribution is 2.24. The number of carboxylic acid groups (broad SMARTS) is 1. The van der Waals surface area contributed by atoms with Crippen molar-refractivity contribution in [2.24, 2.45) is 0 Å². The lowest BCUT2D eigenvalue weighted by Gasteiger charge is -2.12. The van der Waals surface area contributed by atoms with Crippen LogP contribution < -0.4 is 4.72 Å². The van der Waals surface area contributed by atoms with Crippen molar-refractivity contribution in [1.29, 1.82) is 0 Å². The molecule has 0 bridgehead atoms. The lowest BCUT2D eigenvalue weighted by atomic mass is 10.1. The van der Waals surface area contributed by atoms with E-state index in [1.54, 1.807) is 6.92 Å². The van der Waals surface area contributed by atoms with E-state index >= 15 is 0 Å². The topological polar surface area (TPSA) is 86.7 Å². The monoisotopic (exact) mass is 364 g/mol. The van der Waals surface area contributed by atoms with E-state index in [1.807, 2.05) is 19.0 Å². The Morgan fingerprint density at radius 1 is 1.40 bits per heavy atom. The van der Waals surface area contributed by atoms with E-state index in [2.05, 4.69) is 20.7 Å². The largest absolute Gasteiger partial charge is 0.478 e. The maximum Gasteiger partial charge on any atom is 0.336 e. The quantitative estimate of drug-likeness (QED) is 0.794. The molecule has 0 atom stereocenters. The van der Waals surface area contributed by atoms with Gasteiger partial charge in [0.2, 0.25) is 10.0 Å². The molecule has 8 heteroatoms. The molecule has 0 fully saturated rings. The number of hydrogen-bond acceptors (Lipinski definition) is 4. The molecule has 0 heterocycles. The molecule has 0 spiro atoms. The average Bonchev–Trinajstić information content (AvgIpc) is 2.31. The van der Waals surface area contributed by atoms with Gasteiger partial charge in [-0.2, -0.15) is 0 Å². The molecule has 0 aliphatic carbocycles. The van der Waals surface area contributed by atoms with Crippen molar-refractivity contribution in [1.82, 2.24) is 9.62 Å². The molecule has 0 aliphatic heterocycles. The van der Waals surface area contributed by atoms with Crippen molar-refractivity contribution >= 4 is 31.9 Å². The number of nitrogens with zero attached hydrogens (tertiary/aromatic N) is 1. The van der Waals surface area contributed by atoms with Crippen molar-refractivity contribution in [2.75, 3.05) is 27.2 Å². The number of benzene rings is 1. The molecule has 1 aromatic rings. The highest BCUT2D eigenvalue weighted by Gasteiger charge is 2.19. The number of sulfonamides is 1. The van der Waals surface area contributed by atoms with Gasteiger partial charge in [-0.25, -0.2) is 17.9 Å². The van der Waals surface area contributed by atoms with Crippen LogP contribution in [0.2, 0.25) is 0 Å². The van der Waals surface area contributed by atoms with E-state index in [-0.39, 0.29) is 17.0 Å². The minimum Gasteiger partial charge on any atom is -0.478 e. The summed E-state index contributed by atoms with van der Waals surface area (Å²) < 4.78 is 27.1. The second-order valence-electron chi connectivity index (χ2n) is 4.58. The Labute approximate surface area is 127 Å². The van der Waals surface area contributed by atoms with Gasteiger partial charge in [0.05, 0.1) is 10.5 Å². The zero-order valence-electron chi connectivity index (χ0n) is 11.5. The number of carboxylic acids is 1. The molecule has 0 amide bonds. The summed E-state index contributed by atoms with van der Waals surface area (Å²) in [5.41, 5.74) is 0.456. The van der Waals surface area contributed by atoms with Crippen LogP contribution >= 0.6 is 15.9 Å². The van der Waals surface area contributed by atoms with Crippen LogP contribution in [0.1, 0.15) is 15.9 Å². The van der Waals surface area contributed by atoms with Gasteiger partial charge in [-0.05, 0) is 38.7 Å². The summed E-state index contributed by atoms with van der Waals surface area (Å²) in [5.74, 6) is -1.16. The molecule has 0 aromatic heterocycles. The number of halogens is 1. The van der Waals surface area contributed by atoms with Gasteiger partial charge in [0.1, 0.15) is 0 Å². The molecule has 0 aliphatic rings. The number of likely N-dealkylation sites (N-methyl/N-ethyl adjacent to an activating group) is 1. The maximum atomic E-state index is 12.1. The smallest absolute Gasteiger partial charge is 0.336 e.